The van der Waals surface area contributed by atoms with Gasteiger partial charge in [-0.2, -0.15) is 5.26 Å². The van der Waals surface area contributed by atoms with E-state index in [-0.39, 0.29) is 0 Å². The zero-order valence-corrected chi connectivity index (χ0v) is 11.1. The maximum Gasteiger partial charge on any atom is 0.119 e. The van der Waals surface area contributed by atoms with Gasteiger partial charge in [-0.05, 0) is 42.3 Å². The number of hydrogen-bond acceptors (Lipinski definition) is 3. The summed E-state index contributed by atoms with van der Waals surface area (Å²) in [6.45, 7) is 2.64. The fourth-order valence-corrected chi connectivity index (χ4v) is 1.88. The van der Waals surface area contributed by atoms with Crippen LogP contribution in [0, 0.1) is 18.3 Å². The normalized spacial score (nSPS) is 9.74. The largest absolute Gasteiger partial charge is 0.497 e. The Labute approximate surface area is 113 Å². The second kappa shape index (κ2) is 5.92. The van der Waals surface area contributed by atoms with Crippen molar-refractivity contribution >= 4 is 5.69 Å². The molecule has 0 atom stereocenters. The third-order valence-electron chi connectivity index (χ3n) is 2.91. The number of benzene rings is 2. The van der Waals surface area contributed by atoms with Crippen LogP contribution in [0.1, 0.15) is 16.7 Å². The van der Waals surface area contributed by atoms with Gasteiger partial charge in [-0.25, -0.2) is 0 Å². The SMILES string of the molecule is COc1cccc(CNc2ccc(C)cc2C#N)c1. The van der Waals surface area contributed by atoms with E-state index in [2.05, 4.69) is 11.4 Å². The van der Waals surface area contributed by atoms with Gasteiger partial charge in [0.05, 0.1) is 18.4 Å². The lowest BCUT2D eigenvalue weighted by Gasteiger charge is -2.10. The van der Waals surface area contributed by atoms with Gasteiger partial charge in [-0.1, -0.05) is 18.2 Å². The van der Waals surface area contributed by atoms with Gasteiger partial charge in [-0.3, -0.25) is 0 Å². The monoisotopic (exact) mass is 252 g/mol. The fourth-order valence-electron chi connectivity index (χ4n) is 1.88. The summed E-state index contributed by atoms with van der Waals surface area (Å²) in [5.41, 5.74) is 3.73. The van der Waals surface area contributed by atoms with Crippen molar-refractivity contribution in [2.24, 2.45) is 0 Å². The molecule has 2 aromatic rings. The molecule has 0 bridgehead atoms. The van der Waals surface area contributed by atoms with E-state index >= 15 is 0 Å². The van der Waals surface area contributed by atoms with Gasteiger partial charge in [0.15, 0.2) is 0 Å². The van der Waals surface area contributed by atoms with Crippen LogP contribution in [0.4, 0.5) is 5.69 Å². The molecular formula is C16H16N2O. The van der Waals surface area contributed by atoms with Crippen molar-refractivity contribution in [1.29, 1.82) is 5.26 Å². The molecule has 0 radical (unpaired) electrons. The van der Waals surface area contributed by atoms with Crippen LogP contribution in [-0.2, 0) is 6.54 Å². The second-order valence-electron chi connectivity index (χ2n) is 4.37. The smallest absolute Gasteiger partial charge is 0.119 e. The lowest BCUT2D eigenvalue weighted by molar-refractivity contribution is 0.414. The molecule has 0 spiro atoms. The van der Waals surface area contributed by atoms with Crippen LogP contribution >= 0.6 is 0 Å². The molecule has 0 aliphatic rings. The summed E-state index contributed by atoms with van der Waals surface area (Å²) in [7, 11) is 1.65. The number of nitriles is 1. The molecule has 1 N–H and O–H groups in total. The highest BCUT2D eigenvalue weighted by atomic mass is 16.5. The highest BCUT2D eigenvalue weighted by molar-refractivity contribution is 5.58. The van der Waals surface area contributed by atoms with Crippen molar-refractivity contribution < 1.29 is 4.74 Å². The molecule has 0 saturated heterocycles. The van der Waals surface area contributed by atoms with Crippen molar-refractivity contribution in [3.63, 3.8) is 0 Å². The summed E-state index contributed by atoms with van der Waals surface area (Å²) in [5.74, 6) is 0.837. The number of nitrogens with one attached hydrogen (secondary N) is 1. The van der Waals surface area contributed by atoms with Gasteiger partial charge in [-0.15, -0.1) is 0 Å². The van der Waals surface area contributed by atoms with Gasteiger partial charge in [0.1, 0.15) is 11.8 Å². The van der Waals surface area contributed by atoms with E-state index in [1.807, 2.05) is 49.4 Å². The predicted octanol–water partition coefficient (Wildman–Crippen LogP) is 3.49. The minimum atomic E-state index is 0.662. The van der Waals surface area contributed by atoms with E-state index in [0.717, 1.165) is 22.6 Å². The Kier molecular flexibility index (Phi) is 4.04. The molecule has 0 aliphatic heterocycles. The summed E-state index contributed by atoms with van der Waals surface area (Å²) in [5, 5.41) is 12.4. The quantitative estimate of drug-likeness (QED) is 0.906. The zero-order valence-electron chi connectivity index (χ0n) is 11.1. The van der Waals surface area contributed by atoms with E-state index in [1.165, 1.54) is 0 Å². The maximum atomic E-state index is 9.11. The predicted molar refractivity (Wildman–Crippen MR) is 76.2 cm³/mol. The molecule has 96 valence electrons. The lowest BCUT2D eigenvalue weighted by atomic mass is 10.1. The molecule has 3 nitrogen and oxygen atoms in total. The minimum absolute atomic E-state index is 0.662. The van der Waals surface area contributed by atoms with Gasteiger partial charge in [0.2, 0.25) is 0 Å². The van der Waals surface area contributed by atoms with Crippen LogP contribution in [0.5, 0.6) is 5.75 Å². The Bertz CT molecular complexity index is 614. The van der Waals surface area contributed by atoms with Crippen molar-refractivity contribution in [3.05, 3.63) is 59.2 Å². The second-order valence-corrected chi connectivity index (χ2v) is 4.37. The lowest BCUT2D eigenvalue weighted by Crippen LogP contribution is -2.01. The number of aryl methyl sites for hydroxylation is 1. The molecule has 19 heavy (non-hydrogen) atoms. The van der Waals surface area contributed by atoms with E-state index in [0.29, 0.717) is 12.1 Å². The highest BCUT2D eigenvalue weighted by Crippen LogP contribution is 2.18. The number of nitrogens with zero attached hydrogens (tertiary/aromatic N) is 1. The first-order valence-electron chi connectivity index (χ1n) is 6.10. The molecule has 0 amide bonds. The molecule has 3 heteroatoms. The number of rotatable bonds is 4. The van der Waals surface area contributed by atoms with Crippen molar-refractivity contribution in [2.45, 2.75) is 13.5 Å². The molecular weight excluding hydrogens is 236 g/mol. The summed E-state index contributed by atoms with van der Waals surface area (Å²) in [6, 6.07) is 15.9. The van der Waals surface area contributed by atoms with Crippen LogP contribution in [0.25, 0.3) is 0 Å². The van der Waals surface area contributed by atoms with Crippen LogP contribution in [0.2, 0.25) is 0 Å². The molecule has 0 saturated carbocycles. The highest BCUT2D eigenvalue weighted by Gasteiger charge is 2.02. The molecule has 0 unspecified atom stereocenters. The van der Waals surface area contributed by atoms with Gasteiger partial charge in [0.25, 0.3) is 0 Å². The molecule has 0 fully saturated rings. The molecule has 0 aromatic heterocycles. The Morgan fingerprint density at radius 3 is 2.79 bits per heavy atom. The summed E-state index contributed by atoms with van der Waals surface area (Å²) < 4.78 is 5.19. The maximum absolute atomic E-state index is 9.11. The summed E-state index contributed by atoms with van der Waals surface area (Å²) in [6.07, 6.45) is 0. The number of anilines is 1. The molecule has 0 aliphatic carbocycles. The standard InChI is InChI=1S/C16H16N2O/c1-12-6-7-16(14(8-12)10-17)18-11-13-4-3-5-15(9-13)19-2/h3-9,18H,11H2,1-2H3. The van der Waals surface area contributed by atoms with E-state index in [1.54, 1.807) is 7.11 Å². The third kappa shape index (κ3) is 3.26. The summed E-state index contributed by atoms with van der Waals surface area (Å²) in [4.78, 5) is 0. The van der Waals surface area contributed by atoms with Crippen molar-refractivity contribution in [1.82, 2.24) is 0 Å². The van der Waals surface area contributed by atoms with Crippen LogP contribution < -0.4 is 10.1 Å². The molecule has 0 heterocycles. The van der Waals surface area contributed by atoms with E-state index in [4.69, 9.17) is 10.00 Å². The van der Waals surface area contributed by atoms with Gasteiger partial charge < -0.3 is 10.1 Å². The zero-order chi connectivity index (χ0) is 13.7. The molecule has 2 rings (SSSR count). The number of hydrogen-bond donors (Lipinski definition) is 1. The Morgan fingerprint density at radius 2 is 2.05 bits per heavy atom. The number of ether oxygens (including phenoxy) is 1. The first kappa shape index (κ1) is 13.0. The Morgan fingerprint density at radius 1 is 1.21 bits per heavy atom. The van der Waals surface area contributed by atoms with E-state index < -0.39 is 0 Å². The Balaban J connectivity index is 2.12. The van der Waals surface area contributed by atoms with Gasteiger partial charge in [0, 0.05) is 6.54 Å². The Hall–Kier alpha value is -2.47. The van der Waals surface area contributed by atoms with Gasteiger partial charge >= 0.3 is 0 Å². The van der Waals surface area contributed by atoms with Crippen LogP contribution in [0.3, 0.4) is 0 Å². The topological polar surface area (TPSA) is 45.0 Å². The summed E-state index contributed by atoms with van der Waals surface area (Å²) >= 11 is 0. The first-order chi connectivity index (χ1) is 9.22. The third-order valence-corrected chi connectivity index (χ3v) is 2.91. The van der Waals surface area contributed by atoms with Crippen LogP contribution in [-0.4, -0.2) is 7.11 Å². The fraction of sp³-hybridized carbons (Fsp3) is 0.188. The average Bonchev–Trinajstić information content (AvgIpc) is 2.46. The first-order valence-corrected chi connectivity index (χ1v) is 6.10. The van der Waals surface area contributed by atoms with Crippen LogP contribution in [0.15, 0.2) is 42.5 Å². The molecule has 2 aromatic carbocycles. The number of methoxy groups -OCH3 is 1. The average molecular weight is 252 g/mol. The minimum Gasteiger partial charge on any atom is -0.497 e. The van der Waals surface area contributed by atoms with E-state index in [9.17, 15) is 0 Å². The van der Waals surface area contributed by atoms with Crippen molar-refractivity contribution in [2.75, 3.05) is 12.4 Å². The van der Waals surface area contributed by atoms with Crippen molar-refractivity contribution in [3.8, 4) is 11.8 Å².